The van der Waals surface area contributed by atoms with Crippen molar-refractivity contribution in [1.82, 2.24) is 5.32 Å². The highest BCUT2D eigenvalue weighted by Gasteiger charge is 2.10. The lowest BCUT2D eigenvalue weighted by Gasteiger charge is -2.20. The Labute approximate surface area is 119 Å². The molecular weight excluding hydrogens is 261 g/mol. The van der Waals surface area contributed by atoms with E-state index in [1.807, 2.05) is 20.8 Å². The van der Waals surface area contributed by atoms with Crippen molar-refractivity contribution in [2.24, 2.45) is 0 Å². The van der Waals surface area contributed by atoms with Gasteiger partial charge in [-0.3, -0.25) is 0 Å². The fourth-order valence-corrected chi connectivity index (χ4v) is 1.52. The van der Waals surface area contributed by atoms with Crippen LogP contribution in [0.15, 0.2) is 18.2 Å². The van der Waals surface area contributed by atoms with Crippen molar-refractivity contribution in [2.45, 2.75) is 39.8 Å². The van der Waals surface area contributed by atoms with E-state index in [-0.39, 0.29) is 12.1 Å². The van der Waals surface area contributed by atoms with Crippen LogP contribution in [-0.2, 0) is 16.1 Å². The van der Waals surface area contributed by atoms with E-state index >= 15 is 0 Å². The largest absolute Gasteiger partial charge is 0.482 e. The standard InChI is InChI=1S/C15H22FNO3/c1-5-19-14(18)10-20-13-7-11(6-12(16)8-13)9-17-15(2,3)4/h6-8,17H,5,9-10H2,1-4H3. The van der Waals surface area contributed by atoms with Gasteiger partial charge in [0.1, 0.15) is 11.6 Å². The molecule has 0 fully saturated rings. The van der Waals surface area contributed by atoms with Crippen LogP contribution in [0.25, 0.3) is 0 Å². The highest BCUT2D eigenvalue weighted by atomic mass is 19.1. The Kier molecular flexibility index (Phi) is 5.95. The Morgan fingerprint density at radius 2 is 2.00 bits per heavy atom. The van der Waals surface area contributed by atoms with Gasteiger partial charge in [-0.05, 0) is 45.4 Å². The third kappa shape index (κ3) is 6.52. The second-order valence-corrected chi connectivity index (χ2v) is 5.49. The topological polar surface area (TPSA) is 47.6 Å². The summed E-state index contributed by atoms with van der Waals surface area (Å²) in [5.74, 6) is -0.535. The molecule has 4 nitrogen and oxygen atoms in total. The van der Waals surface area contributed by atoms with Gasteiger partial charge in [0, 0.05) is 18.2 Å². The maximum absolute atomic E-state index is 13.5. The molecule has 20 heavy (non-hydrogen) atoms. The lowest BCUT2D eigenvalue weighted by Crippen LogP contribution is -2.35. The molecule has 5 heteroatoms. The first kappa shape index (κ1) is 16.4. The van der Waals surface area contributed by atoms with Gasteiger partial charge < -0.3 is 14.8 Å². The summed E-state index contributed by atoms with van der Waals surface area (Å²) in [5.41, 5.74) is 0.705. The average Bonchev–Trinajstić information content (AvgIpc) is 2.33. The van der Waals surface area contributed by atoms with Crippen molar-refractivity contribution in [1.29, 1.82) is 0 Å². The molecule has 1 aromatic rings. The van der Waals surface area contributed by atoms with Crippen LogP contribution < -0.4 is 10.1 Å². The molecule has 112 valence electrons. The molecule has 0 aliphatic rings. The highest BCUT2D eigenvalue weighted by molar-refractivity contribution is 5.71. The Morgan fingerprint density at radius 3 is 2.60 bits per heavy atom. The van der Waals surface area contributed by atoms with Crippen molar-refractivity contribution in [3.63, 3.8) is 0 Å². The van der Waals surface area contributed by atoms with E-state index in [9.17, 15) is 9.18 Å². The third-order valence-corrected chi connectivity index (χ3v) is 2.42. The number of ether oxygens (including phenoxy) is 2. The molecule has 1 aromatic carbocycles. The maximum Gasteiger partial charge on any atom is 0.344 e. The van der Waals surface area contributed by atoms with Crippen LogP contribution in [0, 0.1) is 5.82 Å². The summed E-state index contributed by atoms with van der Waals surface area (Å²) < 4.78 is 23.5. The lowest BCUT2D eigenvalue weighted by atomic mass is 10.1. The minimum atomic E-state index is -0.467. The molecule has 0 aromatic heterocycles. The zero-order valence-corrected chi connectivity index (χ0v) is 12.5. The molecule has 0 amide bonds. The summed E-state index contributed by atoms with van der Waals surface area (Å²) in [5, 5.41) is 3.26. The van der Waals surface area contributed by atoms with Gasteiger partial charge in [-0.15, -0.1) is 0 Å². The highest BCUT2D eigenvalue weighted by Crippen LogP contribution is 2.17. The predicted molar refractivity (Wildman–Crippen MR) is 75.1 cm³/mol. The molecule has 0 radical (unpaired) electrons. The van der Waals surface area contributed by atoms with Crippen LogP contribution in [0.4, 0.5) is 4.39 Å². The molecule has 0 heterocycles. The van der Waals surface area contributed by atoms with Crippen molar-refractivity contribution in [3.05, 3.63) is 29.6 Å². The lowest BCUT2D eigenvalue weighted by molar-refractivity contribution is -0.145. The summed E-state index contributed by atoms with van der Waals surface area (Å²) in [4.78, 5) is 11.2. The van der Waals surface area contributed by atoms with Crippen LogP contribution in [0.5, 0.6) is 5.75 Å². The van der Waals surface area contributed by atoms with Gasteiger partial charge >= 0.3 is 5.97 Å². The number of halogens is 1. The van der Waals surface area contributed by atoms with Crippen LogP contribution in [-0.4, -0.2) is 24.7 Å². The fourth-order valence-electron chi connectivity index (χ4n) is 1.52. The molecule has 1 rings (SSSR count). The van der Waals surface area contributed by atoms with E-state index in [4.69, 9.17) is 9.47 Å². The zero-order chi connectivity index (χ0) is 15.2. The molecule has 0 spiro atoms. The first-order valence-electron chi connectivity index (χ1n) is 6.63. The number of nitrogens with one attached hydrogen (secondary N) is 1. The van der Waals surface area contributed by atoms with E-state index in [0.29, 0.717) is 18.9 Å². The van der Waals surface area contributed by atoms with Crippen LogP contribution in [0.2, 0.25) is 0 Å². The number of benzene rings is 1. The summed E-state index contributed by atoms with van der Waals surface area (Å²) in [6.07, 6.45) is 0. The first-order valence-corrected chi connectivity index (χ1v) is 6.63. The summed E-state index contributed by atoms with van der Waals surface area (Å²) in [6.45, 7) is 8.42. The van der Waals surface area contributed by atoms with Crippen LogP contribution in [0.3, 0.4) is 0 Å². The summed E-state index contributed by atoms with van der Waals surface area (Å²) >= 11 is 0. The molecule has 0 aliphatic carbocycles. The number of carbonyl (C=O) groups is 1. The molecule has 0 aliphatic heterocycles. The number of rotatable bonds is 6. The maximum atomic E-state index is 13.5. The average molecular weight is 283 g/mol. The normalized spacial score (nSPS) is 11.2. The quantitative estimate of drug-likeness (QED) is 0.815. The van der Waals surface area contributed by atoms with Crippen molar-refractivity contribution in [3.8, 4) is 5.75 Å². The van der Waals surface area contributed by atoms with E-state index in [1.54, 1.807) is 13.0 Å². The Balaban J connectivity index is 2.64. The minimum Gasteiger partial charge on any atom is -0.482 e. The monoisotopic (exact) mass is 283 g/mol. The molecule has 0 bridgehead atoms. The van der Waals surface area contributed by atoms with Crippen molar-refractivity contribution in [2.75, 3.05) is 13.2 Å². The van der Waals surface area contributed by atoms with Crippen molar-refractivity contribution >= 4 is 5.97 Å². The number of esters is 1. The minimum absolute atomic E-state index is 0.0573. The molecule has 0 saturated heterocycles. The SMILES string of the molecule is CCOC(=O)COc1cc(F)cc(CNC(C)(C)C)c1. The summed E-state index contributed by atoms with van der Waals surface area (Å²) in [7, 11) is 0. The number of hydrogen-bond acceptors (Lipinski definition) is 4. The predicted octanol–water partition coefficient (Wildman–Crippen LogP) is 2.66. The Hall–Kier alpha value is -1.62. The van der Waals surface area contributed by atoms with E-state index in [1.165, 1.54) is 12.1 Å². The molecule has 0 unspecified atom stereocenters. The summed E-state index contributed by atoms with van der Waals surface area (Å²) in [6, 6.07) is 4.40. The van der Waals surface area contributed by atoms with Gasteiger partial charge in [0.05, 0.1) is 6.61 Å². The third-order valence-electron chi connectivity index (χ3n) is 2.42. The molecular formula is C15H22FNO3. The molecule has 0 atom stereocenters. The number of hydrogen-bond donors (Lipinski definition) is 1. The van der Waals surface area contributed by atoms with Crippen LogP contribution >= 0.6 is 0 Å². The van der Waals surface area contributed by atoms with Gasteiger partial charge in [0.25, 0.3) is 0 Å². The zero-order valence-electron chi connectivity index (χ0n) is 12.5. The van der Waals surface area contributed by atoms with E-state index in [0.717, 1.165) is 5.56 Å². The van der Waals surface area contributed by atoms with Gasteiger partial charge in [-0.25, -0.2) is 9.18 Å². The molecule has 0 saturated carbocycles. The van der Waals surface area contributed by atoms with Gasteiger partial charge in [-0.1, -0.05) is 0 Å². The smallest absolute Gasteiger partial charge is 0.344 e. The Bertz CT molecular complexity index is 455. The second-order valence-electron chi connectivity index (χ2n) is 5.49. The first-order chi connectivity index (χ1) is 9.30. The van der Waals surface area contributed by atoms with Gasteiger partial charge in [0.2, 0.25) is 0 Å². The van der Waals surface area contributed by atoms with E-state index in [2.05, 4.69) is 5.32 Å². The van der Waals surface area contributed by atoms with E-state index < -0.39 is 11.8 Å². The number of carbonyl (C=O) groups excluding carboxylic acids is 1. The Morgan fingerprint density at radius 1 is 1.30 bits per heavy atom. The van der Waals surface area contributed by atoms with Gasteiger partial charge in [0.15, 0.2) is 6.61 Å². The van der Waals surface area contributed by atoms with Gasteiger partial charge in [-0.2, -0.15) is 0 Å². The second kappa shape index (κ2) is 7.24. The van der Waals surface area contributed by atoms with Crippen molar-refractivity contribution < 1.29 is 18.7 Å². The fraction of sp³-hybridized carbons (Fsp3) is 0.533. The van der Waals surface area contributed by atoms with Crippen LogP contribution in [0.1, 0.15) is 33.3 Å². The molecule has 1 N–H and O–H groups in total.